The van der Waals surface area contributed by atoms with Gasteiger partial charge in [0.05, 0.1) is 29.8 Å². The normalized spacial score (nSPS) is 16.1. The summed E-state index contributed by atoms with van der Waals surface area (Å²) in [7, 11) is 0. The van der Waals surface area contributed by atoms with Crippen LogP contribution in [0.25, 0.3) is 22.3 Å². The van der Waals surface area contributed by atoms with E-state index < -0.39 is 0 Å². The molecule has 3 aromatic heterocycles. The fraction of sp³-hybridized carbons (Fsp3) is 0.375. The van der Waals surface area contributed by atoms with Crippen molar-refractivity contribution in [1.82, 2.24) is 24.7 Å². The Kier molecular flexibility index (Phi) is 3.23. The molecule has 1 saturated carbocycles. The molecule has 0 amide bonds. The zero-order chi connectivity index (χ0) is 15.8. The highest BCUT2D eigenvalue weighted by Gasteiger charge is 2.30. The summed E-state index contributed by atoms with van der Waals surface area (Å²) in [5.74, 6) is 0.952. The van der Waals surface area contributed by atoms with Gasteiger partial charge in [-0.3, -0.25) is 4.68 Å². The van der Waals surface area contributed by atoms with Gasteiger partial charge in [-0.2, -0.15) is 10.4 Å². The minimum atomic E-state index is 0.0911. The van der Waals surface area contributed by atoms with E-state index in [9.17, 15) is 0 Å². The van der Waals surface area contributed by atoms with Gasteiger partial charge in [-0.15, -0.1) is 0 Å². The maximum atomic E-state index is 9.13. The van der Waals surface area contributed by atoms with Crippen molar-refractivity contribution < 1.29 is 0 Å². The average molecular weight is 307 g/mol. The van der Waals surface area contributed by atoms with E-state index in [-0.39, 0.29) is 6.04 Å². The van der Waals surface area contributed by atoms with Gasteiger partial charge in [-0.25, -0.2) is 9.97 Å². The Balaban J connectivity index is 1.77. The first kappa shape index (κ1) is 13.8. The Hall–Kier alpha value is -2.88. The fourth-order valence-electron chi connectivity index (χ4n) is 3.24. The number of nitrogen functional groups attached to an aromatic ring is 1. The number of rotatable bonds is 4. The van der Waals surface area contributed by atoms with E-state index in [4.69, 9.17) is 11.0 Å². The van der Waals surface area contributed by atoms with Crippen molar-refractivity contribution in [3.05, 3.63) is 24.8 Å². The Morgan fingerprint density at radius 1 is 1.43 bits per heavy atom. The predicted molar refractivity (Wildman–Crippen MR) is 86.1 cm³/mol. The monoisotopic (exact) mass is 307 g/mol. The third kappa shape index (κ3) is 2.23. The number of aromatic amines is 1. The molecular formula is C16H17N7. The number of hydrogen-bond acceptors (Lipinski definition) is 5. The van der Waals surface area contributed by atoms with E-state index in [0.29, 0.717) is 18.2 Å². The summed E-state index contributed by atoms with van der Waals surface area (Å²) in [6.45, 7) is 0. The molecule has 1 fully saturated rings. The van der Waals surface area contributed by atoms with Crippen LogP contribution < -0.4 is 5.73 Å². The molecule has 23 heavy (non-hydrogen) atoms. The molecule has 0 radical (unpaired) electrons. The van der Waals surface area contributed by atoms with Gasteiger partial charge in [0.15, 0.2) is 5.82 Å². The fourth-order valence-corrected chi connectivity index (χ4v) is 3.24. The molecule has 0 bridgehead atoms. The number of fused-ring (bicyclic) bond motifs is 1. The summed E-state index contributed by atoms with van der Waals surface area (Å²) in [6, 6.07) is 4.30. The predicted octanol–water partition coefficient (Wildman–Crippen LogP) is 2.66. The van der Waals surface area contributed by atoms with Crippen LogP contribution in [0.4, 0.5) is 5.82 Å². The van der Waals surface area contributed by atoms with Gasteiger partial charge in [0.25, 0.3) is 0 Å². The molecule has 3 aromatic rings. The maximum Gasteiger partial charge on any atom is 0.154 e. The molecule has 1 aliphatic carbocycles. The lowest BCUT2D eigenvalue weighted by Gasteiger charge is -2.32. The summed E-state index contributed by atoms with van der Waals surface area (Å²) < 4.78 is 1.86. The molecule has 7 nitrogen and oxygen atoms in total. The Bertz CT molecular complexity index is 881. The van der Waals surface area contributed by atoms with Gasteiger partial charge in [-0.05, 0) is 24.8 Å². The number of H-pyrrole nitrogens is 1. The summed E-state index contributed by atoms with van der Waals surface area (Å²) >= 11 is 0. The second-order valence-corrected chi connectivity index (χ2v) is 5.99. The highest BCUT2D eigenvalue weighted by atomic mass is 15.3. The van der Waals surface area contributed by atoms with E-state index in [2.05, 4.69) is 26.1 Å². The topological polar surface area (TPSA) is 109 Å². The lowest BCUT2D eigenvalue weighted by molar-refractivity contribution is 0.199. The smallest absolute Gasteiger partial charge is 0.154 e. The first-order valence-corrected chi connectivity index (χ1v) is 7.78. The highest BCUT2D eigenvalue weighted by Crippen LogP contribution is 2.39. The third-order valence-electron chi connectivity index (χ3n) is 4.70. The molecule has 0 unspecified atom stereocenters. The van der Waals surface area contributed by atoms with Gasteiger partial charge < -0.3 is 10.7 Å². The molecule has 3 N–H and O–H groups in total. The molecular weight excluding hydrogens is 290 g/mol. The lowest BCUT2D eigenvalue weighted by Crippen LogP contribution is -2.25. The van der Waals surface area contributed by atoms with Crippen LogP contribution in [-0.4, -0.2) is 24.7 Å². The van der Waals surface area contributed by atoms with Crippen LogP contribution in [0.15, 0.2) is 24.8 Å². The first-order chi connectivity index (χ1) is 11.3. The van der Waals surface area contributed by atoms with Crippen molar-refractivity contribution in [2.75, 3.05) is 5.73 Å². The van der Waals surface area contributed by atoms with E-state index in [1.165, 1.54) is 12.7 Å². The van der Waals surface area contributed by atoms with Crippen LogP contribution in [0.2, 0.25) is 0 Å². The Labute approximate surface area is 133 Å². The van der Waals surface area contributed by atoms with E-state index >= 15 is 0 Å². The van der Waals surface area contributed by atoms with Gasteiger partial charge in [0.1, 0.15) is 12.0 Å². The highest BCUT2D eigenvalue weighted by molar-refractivity contribution is 5.92. The summed E-state index contributed by atoms with van der Waals surface area (Å²) in [6.07, 6.45) is 9.25. The van der Waals surface area contributed by atoms with Crippen molar-refractivity contribution in [2.45, 2.75) is 31.7 Å². The molecule has 3 heterocycles. The van der Waals surface area contributed by atoms with E-state index in [0.717, 1.165) is 35.1 Å². The van der Waals surface area contributed by atoms with Crippen LogP contribution in [-0.2, 0) is 0 Å². The number of nitrogens with two attached hydrogens (primary N) is 1. The molecule has 4 rings (SSSR count). The van der Waals surface area contributed by atoms with Crippen LogP contribution in [0.1, 0.15) is 31.7 Å². The zero-order valence-electron chi connectivity index (χ0n) is 12.6. The van der Waals surface area contributed by atoms with Gasteiger partial charge >= 0.3 is 0 Å². The number of hydrogen-bond donors (Lipinski definition) is 2. The lowest BCUT2D eigenvalue weighted by atomic mass is 9.79. The standard InChI is InChI=1S/C16H17N7/c17-6-4-13(10-2-1-3-10)23-8-12(15(18)22-23)14-11-5-7-19-16(11)21-9-20-14/h5,7-10,13H,1-4H2,(H2,18,22)(H,19,20,21)/t13-/m0/s1. The number of nitrogens with one attached hydrogen (secondary N) is 1. The number of nitriles is 1. The van der Waals surface area contributed by atoms with E-state index in [1.807, 2.05) is 23.1 Å². The number of aromatic nitrogens is 5. The summed E-state index contributed by atoms with van der Waals surface area (Å²) in [4.78, 5) is 11.7. The molecule has 116 valence electrons. The largest absolute Gasteiger partial charge is 0.382 e. The minimum Gasteiger partial charge on any atom is -0.382 e. The van der Waals surface area contributed by atoms with Gasteiger partial charge in [0.2, 0.25) is 0 Å². The van der Waals surface area contributed by atoms with E-state index in [1.54, 1.807) is 0 Å². The maximum absolute atomic E-state index is 9.13. The molecule has 0 aliphatic heterocycles. The van der Waals surface area contributed by atoms with Gasteiger partial charge in [-0.1, -0.05) is 6.42 Å². The summed E-state index contributed by atoms with van der Waals surface area (Å²) in [5, 5.41) is 14.5. The molecule has 1 aliphatic rings. The van der Waals surface area contributed by atoms with Crippen molar-refractivity contribution in [1.29, 1.82) is 5.26 Å². The third-order valence-corrected chi connectivity index (χ3v) is 4.70. The SMILES string of the molecule is N#CC[C@@H](C1CCC1)n1cc(-c2ncnc3[nH]ccc23)c(N)n1. The quantitative estimate of drug-likeness (QED) is 0.770. The Morgan fingerprint density at radius 3 is 3.04 bits per heavy atom. The number of nitrogens with zero attached hydrogens (tertiary/aromatic N) is 5. The molecule has 1 atom stereocenters. The van der Waals surface area contributed by atoms with Crippen LogP contribution >= 0.6 is 0 Å². The molecule has 0 saturated heterocycles. The van der Waals surface area contributed by atoms with Crippen LogP contribution in [0, 0.1) is 17.2 Å². The zero-order valence-corrected chi connectivity index (χ0v) is 12.6. The number of anilines is 1. The minimum absolute atomic E-state index is 0.0911. The summed E-state index contributed by atoms with van der Waals surface area (Å²) in [5.41, 5.74) is 8.47. The second kappa shape index (κ2) is 5.39. The molecule has 7 heteroatoms. The molecule has 0 aromatic carbocycles. The first-order valence-electron chi connectivity index (χ1n) is 7.78. The van der Waals surface area contributed by atoms with Crippen molar-refractivity contribution in [3.8, 4) is 17.3 Å². The van der Waals surface area contributed by atoms with Crippen molar-refractivity contribution in [3.63, 3.8) is 0 Å². The average Bonchev–Trinajstić information content (AvgIpc) is 3.11. The molecule has 0 spiro atoms. The van der Waals surface area contributed by atoms with Crippen molar-refractivity contribution >= 4 is 16.9 Å². The Morgan fingerprint density at radius 2 is 2.30 bits per heavy atom. The van der Waals surface area contributed by atoms with Crippen LogP contribution in [0.5, 0.6) is 0 Å². The second-order valence-electron chi connectivity index (χ2n) is 5.99. The van der Waals surface area contributed by atoms with Gasteiger partial charge in [0, 0.05) is 17.8 Å². The van der Waals surface area contributed by atoms with Crippen LogP contribution in [0.3, 0.4) is 0 Å². The van der Waals surface area contributed by atoms with Crippen molar-refractivity contribution in [2.24, 2.45) is 5.92 Å².